The maximum Gasteiger partial charge on any atom is 0.306 e. The lowest BCUT2D eigenvalue weighted by molar-refractivity contribution is -0.155. The summed E-state index contributed by atoms with van der Waals surface area (Å²) >= 11 is 6.52. The number of hydrogen-bond donors (Lipinski definition) is 2. The van der Waals surface area contributed by atoms with Gasteiger partial charge in [-0.3, -0.25) is 14.3 Å². The van der Waals surface area contributed by atoms with Gasteiger partial charge in [0.05, 0.1) is 40.9 Å². The molecular formula is C31H31ClN4O4. The number of benzene rings is 2. The standard InChI is InChI=1S/C31H31ClN4O4/c1-3-40-27-12-21(10-11-33-27)20-6-4-19(5-7-20)18(2)36-28-24(8-9-26(32)25(28)17-34-36)29(37)35-23-15-31(16-23)13-22(14-31)30(38)39/h4-12,17-18,22-23H,3,13-16H2,1-2H3,(H,35,37)(H,38,39)/t18-,22?,23?,31?/m1/s1. The third-order valence-electron chi connectivity index (χ3n) is 8.47. The van der Waals surface area contributed by atoms with Crippen LogP contribution in [0.5, 0.6) is 5.88 Å². The van der Waals surface area contributed by atoms with Crippen molar-refractivity contribution in [2.45, 2.75) is 51.6 Å². The summed E-state index contributed by atoms with van der Waals surface area (Å²) in [7, 11) is 0. The van der Waals surface area contributed by atoms with Gasteiger partial charge in [-0.05, 0) is 79.8 Å². The quantitative estimate of drug-likeness (QED) is 0.269. The molecule has 0 radical (unpaired) electrons. The molecule has 0 saturated heterocycles. The molecule has 9 heteroatoms. The van der Waals surface area contributed by atoms with Crippen LogP contribution in [-0.4, -0.2) is 44.4 Å². The van der Waals surface area contributed by atoms with E-state index in [2.05, 4.69) is 46.6 Å². The Bertz CT molecular complexity index is 1580. The number of hydrogen-bond acceptors (Lipinski definition) is 5. The predicted molar refractivity (Wildman–Crippen MR) is 153 cm³/mol. The minimum absolute atomic E-state index is 0.0470. The Morgan fingerprint density at radius 1 is 1.12 bits per heavy atom. The van der Waals surface area contributed by atoms with Gasteiger partial charge in [0.15, 0.2) is 0 Å². The van der Waals surface area contributed by atoms with E-state index in [1.54, 1.807) is 24.5 Å². The number of rotatable bonds is 8. The van der Waals surface area contributed by atoms with Crippen LogP contribution in [0.3, 0.4) is 0 Å². The largest absolute Gasteiger partial charge is 0.481 e. The molecule has 1 atom stereocenters. The number of carbonyl (C=O) groups is 2. The van der Waals surface area contributed by atoms with Crippen molar-refractivity contribution in [1.82, 2.24) is 20.1 Å². The second kappa shape index (κ2) is 10.2. The van der Waals surface area contributed by atoms with Gasteiger partial charge in [0.2, 0.25) is 5.88 Å². The van der Waals surface area contributed by atoms with E-state index in [-0.39, 0.29) is 29.3 Å². The van der Waals surface area contributed by atoms with E-state index < -0.39 is 5.97 Å². The number of aromatic nitrogens is 3. The number of nitrogens with zero attached hydrogens (tertiary/aromatic N) is 3. The molecule has 6 rings (SSSR count). The van der Waals surface area contributed by atoms with Gasteiger partial charge in [0.25, 0.3) is 5.91 Å². The Balaban J connectivity index is 1.21. The molecule has 2 saturated carbocycles. The number of pyridine rings is 1. The van der Waals surface area contributed by atoms with E-state index in [0.29, 0.717) is 41.4 Å². The number of halogens is 1. The first-order valence-electron chi connectivity index (χ1n) is 13.7. The summed E-state index contributed by atoms with van der Waals surface area (Å²) < 4.78 is 7.40. The van der Waals surface area contributed by atoms with Gasteiger partial charge >= 0.3 is 5.97 Å². The molecule has 2 N–H and O–H groups in total. The molecule has 1 amide bonds. The van der Waals surface area contributed by atoms with Crippen molar-refractivity contribution in [2.75, 3.05) is 6.61 Å². The Kier molecular flexibility index (Phi) is 6.74. The van der Waals surface area contributed by atoms with Crippen LogP contribution in [0, 0.1) is 11.3 Å². The summed E-state index contributed by atoms with van der Waals surface area (Å²) in [5, 5.41) is 18.3. The van der Waals surface area contributed by atoms with E-state index in [0.717, 1.165) is 34.9 Å². The van der Waals surface area contributed by atoms with Gasteiger partial charge in [-0.25, -0.2) is 4.98 Å². The lowest BCUT2D eigenvalue weighted by atomic mass is 9.50. The smallest absolute Gasteiger partial charge is 0.306 e. The second-order valence-electron chi connectivity index (χ2n) is 11.1. The summed E-state index contributed by atoms with van der Waals surface area (Å²) in [6.45, 7) is 4.54. The van der Waals surface area contributed by atoms with Crippen molar-refractivity contribution in [2.24, 2.45) is 11.3 Å². The van der Waals surface area contributed by atoms with Crippen LogP contribution in [0.1, 0.15) is 61.5 Å². The van der Waals surface area contributed by atoms with Crippen LogP contribution in [0.15, 0.2) is 60.9 Å². The van der Waals surface area contributed by atoms with Crippen LogP contribution in [0.25, 0.3) is 22.0 Å². The number of aliphatic carboxylic acids is 1. The summed E-state index contributed by atoms with van der Waals surface area (Å²) in [6, 6.07) is 15.5. The summed E-state index contributed by atoms with van der Waals surface area (Å²) in [5.41, 5.74) is 4.41. The fraction of sp³-hybridized carbons (Fsp3) is 0.355. The minimum Gasteiger partial charge on any atom is -0.481 e. The molecule has 1 spiro atoms. The second-order valence-corrected chi connectivity index (χ2v) is 11.5. The highest BCUT2D eigenvalue weighted by Crippen LogP contribution is 2.58. The number of amides is 1. The number of carboxylic acids is 1. The molecular weight excluding hydrogens is 528 g/mol. The number of carboxylic acid groups (broad SMARTS) is 1. The van der Waals surface area contributed by atoms with E-state index in [9.17, 15) is 14.7 Å². The zero-order valence-corrected chi connectivity index (χ0v) is 23.2. The van der Waals surface area contributed by atoms with Gasteiger partial charge in [-0.1, -0.05) is 35.9 Å². The van der Waals surface area contributed by atoms with Crippen molar-refractivity contribution in [3.8, 4) is 17.0 Å². The maximum atomic E-state index is 13.4. The summed E-state index contributed by atoms with van der Waals surface area (Å²) in [6.07, 6.45) is 6.51. The Morgan fingerprint density at radius 2 is 1.88 bits per heavy atom. The highest BCUT2D eigenvalue weighted by atomic mass is 35.5. The molecule has 0 aliphatic heterocycles. The van der Waals surface area contributed by atoms with Crippen LogP contribution >= 0.6 is 11.6 Å². The monoisotopic (exact) mass is 558 g/mol. The van der Waals surface area contributed by atoms with E-state index >= 15 is 0 Å². The minimum atomic E-state index is -0.716. The molecule has 4 aromatic rings. The molecule has 8 nitrogen and oxygen atoms in total. The van der Waals surface area contributed by atoms with Crippen LogP contribution < -0.4 is 10.1 Å². The molecule has 2 aliphatic carbocycles. The first kappa shape index (κ1) is 26.3. The summed E-state index contributed by atoms with van der Waals surface area (Å²) in [4.78, 5) is 28.9. The molecule has 206 valence electrons. The highest BCUT2D eigenvalue weighted by Gasteiger charge is 2.55. The van der Waals surface area contributed by atoms with Crippen molar-refractivity contribution >= 4 is 34.4 Å². The molecule has 2 heterocycles. The molecule has 0 bridgehead atoms. The molecule has 2 aromatic heterocycles. The first-order valence-corrected chi connectivity index (χ1v) is 14.0. The van der Waals surface area contributed by atoms with Crippen LogP contribution in [-0.2, 0) is 4.79 Å². The zero-order chi connectivity index (χ0) is 28.0. The zero-order valence-electron chi connectivity index (χ0n) is 22.4. The molecule has 0 unspecified atom stereocenters. The predicted octanol–water partition coefficient (Wildman–Crippen LogP) is 6.13. The van der Waals surface area contributed by atoms with E-state index in [4.69, 9.17) is 16.3 Å². The normalized spacial score (nSPS) is 22.4. The van der Waals surface area contributed by atoms with Gasteiger partial charge in [0.1, 0.15) is 0 Å². The van der Waals surface area contributed by atoms with E-state index in [1.165, 1.54) is 0 Å². The third kappa shape index (κ3) is 4.70. The lowest BCUT2D eigenvalue weighted by Gasteiger charge is -2.56. The molecule has 2 aromatic carbocycles. The number of ether oxygens (including phenoxy) is 1. The number of fused-ring (bicyclic) bond motifs is 1. The van der Waals surface area contributed by atoms with Crippen LogP contribution in [0.2, 0.25) is 5.02 Å². The van der Waals surface area contributed by atoms with Crippen molar-refractivity contribution in [3.05, 3.63) is 77.1 Å². The van der Waals surface area contributed by atoms with Gasteiger partial charge in [-0.15, -0.1) is 0 Å². The van der Waals surface area contributed by atoms with Crippen molar-refractivity contribution in [1.29, 1.82) is 0 Å². The summed E-state index contributed by atoms with van der Waals surface area (Å²) in [5.74, 6) is -0.526. The Morgan fingerprint density at radius 3 is 2.58 bits per heavy atom. The lowest BCUT2D eigenvalue weighted by Crippen LogP contribution is -2.57. The molecule has 2 aliphatic rings. The topological polar surface area (TPSA) is 106 Å². The van der Waals surface area contributed by atoms with E-state index in [1.807, 2.05) is 23.7 Å². The highest BCUT2D eigenvalue weighted by molar-refractivity contribution is 6.36. The van der Waals surface area contributed by atoms with Crippen molar-refractivity contribution in [3.63, 3.8) is 0 Å². The number of carbonyl (C=O) groups excluding carboxylic acids is 1. The molecule has 40 heavy (non-hydrogen) atoms. The van der Waals surface area contributed by atoms with Crippen LogP contribution in [0.4, 0.5) is 0 Å². The fourth-order valence-electron chi connectivity index (χ4n) is 6.36. The van der Waals surface area contributed by atoms with Crippen molar-refractivity contribution < 1.29 is 19.4 Å². The van der Waals surface area contributed by atoms with Gasteiger partial charge in [0, 0.05) is 23.7 Å². The fourth-order valence-corrected chi connectivity index (χ4v) is 6.56. The SMILES string of the molecule is CCOc1cc(-c2ccc([C@@H](C)n3ncc4c(Cl)ccc(C(=O)NC5CC6(C5)CC(C(=O)O)C6)c43)cc2)ccn1. The first-order chi connectivity index (χ1) is 19.3. The maximum absolute atomic E-state index is 13.4. The van der Waals surface area contributed by atoms with Gasteiger partial charge in [-0.2, -0.15) is 5.10 Å². The average molecular weight is 559 g/mol. The number of nitrogens with one attached hydrogen (secondary N) is 1. The Labute approximate surface area is 237 Å². The Hall–Kier alpha value is -3.91. The average Bonchev–Trinajstić information content (AvgIpc) is 3.35. The third-order valence-corrected chi connectivity index (χ3v) is 8.80. The molecule has 2 fully saturated rings. The van der Waals surface area contributed by atoms with Gasteiger partial charge < -0.3 is 15.2 Å².